The normalized spacial score (nSPS) is 12.4. The largest absolute Gasteiger partial charge is 2.00 e. The van der Waals surface area contributed by atoms with E-state index in [1.807, 2.05) is 0 Å². The minimum atomic E-state index is -6.09. The summed E-state index contributed by atoms with van der Waals surface area (Å²) in [5.41, 5.74) is -11.3. The molecule has 0 bridgehead atoms. The van der Waals surface area contributed by atoms with E-state index in [9.17, 15) is 26.3 Å². The van der Waals surface area contributed by atoms with E-state index in [0.717, 1.165) is 0 Å². The maximum atomic E-state index is 10.7. The van der Waals surface area contributed by atoms with Crippen molar-refractivity contribution in [2.45, 2.75) is 64.4 Å². The Morgan fingerprint density at radius 2 is 0.697 bits per heavy atom. The minimum absolute atomic E-state index is 0. The molecule has 0 aliphatic rings. The van der Waals surface area contributed by atoms with E-state index >= 15 is 0 Å². The van der Waals surface area contributed by atoms with Crippen LogP contribution in [0.3, 0.4) is 0 Å². The van der Waals surface area contributed by atoms with Crippen molar-refractivity contribution in [3.05, 3.63) is 0 Å². The van der Waals surface area contributed by atoms with Crippen molar-refractivity contribution >= 4 is 20.2 Å². The summed E-state index contributed by atoms with van der Waals surface area (Å²) in [5, 5.41) is 0. The molecule has 0 aromatic heterocycles. The van der Waals surface area contributed by atoms with Crippen LogP contribution in [0.15, 0.2) is 0 Å². The van der Waals surface area contributed by atoms with Crippen LogP contribution in [-0.4, -0.2) is 86.0 Å². The fourth-order valence-corrected chi connectivity index (χ4v) is 2.22. The SMILES string of the molecule is CCCN(CCC)CCN(CCC)CCC.O=S(=O)([O-])C(F)(F)F.O=S(=O)([O-])C(F)(F)F.[Cu+2]. The summed E-state index contributed by atoms with van der Waals surface area (Å²) in [5.74, 6) is 0. The first-order valence-electron chi connectivity index (χ1n) is 9.77. The smallest absolute Gasteiger partial charge is 0.741 e. The van der Waals surface area contributed by atoms with Gasteiger partial charge in [0.2, 0.25) is 0 Å². The quantitative estimate of drug-likeness (QED) is 0.156. The van der Waals surface area contributed by atoms with E-state index in [0.29, 0.717) is 0 Å². The van der Waals surface area contributed by atoms with Crippen molar-refractivity contribution in [3.8, 4) is 0 Å². The van der Waals surface area contributed by atoms with Gasteiger partial charge in [-0.3, -0.25) is 0 Å². The zero-order chi connectivity index (χ0) is 26.2. The molecule has 0 atom stereocenters. The second kappa shape index (κ2) is 19.1. The van der Waals surface area contributed by atoms with Gasteiger partial charge in [-0.25, -0.2) is 16.8 Å². The Balaban J connectivity index is -0.000000209. The van der Waals surface area contributed by atoms with Gasteiger partial charge in [0.05, 0.1) is 0 Å². The monoisotopic (exact) mass is 589 g/mol. The zero-order valence-electron chi connectivity index (χ0n) is 18.8. The summed E-state index contributed by atoms with van der Waals surface area (Å²) in [7, 11) is -12.2. The molecule has 0 saturated carbocycles. The summed E-state index contributed by atoms with van der Waals surface area (Å²) in [6, 6.07) is 0. The summed E-state index contributed by atoms with van der Waals surface area (Å²) in [6.07, 6.45) is 5.12. The Morgan fingerprint density at radius 3 is 0.788 bits per heavy atom. The fourth-order valence-electron chi connectivity index (χ4n) is 2.22. The predicted octanol–water partition coefficient (Wildman–Crippen LogP) is 3.33. The Bertz CT molecular complexity index is 606. The summed E-state index contributed by atoms with van der Waals surface area (Å²) < 4.78 is 118. The van der Waals surface area contributed by atoms with Crippen LogP contribution in [0.1, 0.15) is 53.4 Å². The van der Waals surface area contributed by atoms with Crippen LogP contribution in [0.25, 0.3) is 0 Å². The topological polar surface area (TPSA) is 121 Å². The molecule has 0 rings (SSSR count). The molecule has 33 heavy (non-hydrogen) atoms. The van der Waals surface area contributed by atoms with Crippen LogP contribution >= 0.6 is 0 Å². The number of hydrogen-bond donors (Lipinski definition) is 0. The molecule has 0 unspecified atom stereocenters. The molecule has 17 heteroatoms. The third kappa shape index (κ3) is 23.4. The minimum Gasteiger partial charge on any atom is -0.741 e. The van der Waals surface area contributed by atoms with Crippen molar-refractivity contribution in [2.75, 3.05) is 39.3 Å². The molecule has 1 radical (unpaired) electrons. The molecule has 0 heterocycles. The van der Waals surface area contributed by atoms with E-state index in [1.54, 1.807) is 0 Å². The van der Waals surface area contributed by atoms with Crippen molar-refractivity contribution in [1.29, 1.82) is 0 Å². The van der Waals surface area contributed by atoms with E-state index in [4.69, 9.17) is 25.9 Å². The number of hydrogen-bond acceptors (Lipinski definition) is 8. The van der Waals surface area contributed by atoms with Gasteiger partial charge in [-0.1, -0.05) is 27.7 Å². The van der Waals surface area contributed by atoms with E-state index in [1.165, 1.54) is 65.0 Å². The van der Waals surface area contributed by atoms with Crippen molar-refractivity contribution in [2.24, 2.45) is 0 Å². The molecule has 0 saturated heterocycles. The zero-order valence-corrected chi connectivity index (χ0v) is 21.4. The molecule has 0 spiro atoms. The van der Waals surface area contributed by atoms with Crippen LogP contribution in [-0.2, 0) is 37.3 Å². The van der Waals surface area contributed by atoms with Crippen LogP contribution in [0.5, 0.6) is 0 Å². The first kappa shape index (κ1) is 40.0. The Hall–Kier alpha value is -0.161. The van der Waals surface area contributed by atoms with Gasteiger partial charge in [-0.05, 0) is 51.9 Å². The van der Waals surface area contributed by atoms with Crippen LogP contribution < -0.4 is 0 Å². The molecule has 0 aromatic carbocycles. The average molecular weight is 590 g/mol. The van der Waals surface area contributed by atoms with Crippen LogP contribution in [0.2, 0.25) is 0 Å². The number of rotatable bonds is 11. The molecule has 0 aromatic rings. The second-order valence-electron chi connectivity index (χ2n) is 6.48. The van der Waals surface area contributed by atoms with Gasteiger partial charge in [-0.2, -0.15) is 26.3 Å². The molecular formula is C16H32CuF6N2O6S2. The first-order valence-corrected chi connectivity index (χ1v) is 12.6. The molecule has 8 nitrogen and oxygen atoms in total. The number of nitrogens with zero attached hydrogens (tertiary/aromatic N) is 2. The van der Waals surface area contributed by atoms with Gasteiger partial charge < -0.3 is 18.9 Å². The molecular weight excluding hydrogens is 558 g/mol. The van der Waals surface area contributed by atoms with Gasteiger partial charge in [0.25, 0.3) is 0 Å². The fraction of sp³-hybridized carbons (Fsp3) is 1.00. The molecule has 0 aliphatic carbocycles. The molecule has 0 aliphatic heterocycles. The molecule has 0 fully saturated rings. The summed E-state index contributed by atoms with van der Waals surface area (Å²) in [4.78, 5) is 5.22. The van der Waals surface area contributed by atoms with Gasteiger partial charge in [0.1, 0.15) is 0 Å². The second-order valence-corrected chi connectivity index (χ2v) is 9.23. The third-order valence-electron chi connectivity index (χ3n) is 3.46. The van der Waals surface area contributed by atoms with Crippen LogP contribution in [0.4, 0.5) is 26.3 Å². The first-order chi connectivity index (χ1) is 14.3. The molecule has 0 N–H and O–H groups in total. The van der Waals surface area contributed by atoms with Crippen molar-refractivity contribution in [1.82, 2.24) is 9.80 Å². The Morgan fingerprint density at radius 1 is 0.545 bits per heavy atom. The van der Waals surface area contributed by atoms with Gasteiger partial charge in [0.15, 0.2) is 20.2 Å². The van der Waals surface area contributed by atoms with Gasteiger partial charge in [0, 0.05) is 13.1 Å². The Kier molecular flexibility index (Phi) is 23.1. The third-order valence-corrected chi connectivity index (χ3v) is 4.59. The van der Waals surface area contributed by atoms with Crippen molar-refractivity contribution in [3.63, 3.8) is 0 Å². The van der Waals surface area contributed by atoms with Crippen LogP contribution in [0, 0.1) is 0 Å². The van der Waals surface area contributed by atoms with Crippen molar-refractivity contribution < 1.29 is 69.4 Å². The number of halogens is 6. The maximum Gasteiger partial charge on any atom is 2.00 e. The Labute approximate surface area is 203 Å². The van der Waals surface area contributed by atoms with E-state index in [-0.39, 0.29) is 17.1 Å². The van der Waals surface area contributed by atoms with E-state index < -0.39 is 31.3 Å². The average Bonchev–Trinajstić information content (AvgIpc) is 2.58. The van der Waals surface area contributed by atoms with Gasteiger partial charge in [-0.15, -0.1) is 0 Å². The standard InChI is InChI=1S/C14H32N2.2CHF3O3S.Cu/c1-5-9-15(10-6-2)13-14-16(11-7-3)12-8-4;2*2-1(3,4)8(5,6)7;/h5-14H2,1-4H3;2*(H,5,6,7);/q;;;+2/p-2. The molecule has 207 valence electrons. The summed E-state index contributed by atoms with van der Waals surface area (Å²) in [6.45, 7) is 16.7. The summed E-state index contributed by atoms with van der Waals surface area (Å²) >= 11 is 0. The number of alkyl halides is 6. The maximum absolute atomic E-state index is 10.7. The molecule has 0 amide bonds. The van der Waals surface area contributed by atoms with E-state index in [2.05, 4.69) is 37.5 Å². The van der Waals surface area contributed by atoms with Gasteiger partial charge >= 0.3 is 28.1 Å². The predicted molar refractivity (Wildman–Crippen MR) is 106 cm³/mol.